The topological polar surface area (TPSA) is 9.23 Å². The summed E-state index contributed by atoms with van der Waals surface area (Å²) in [6, 6.07) is 15.8. The highest BCUT2D eigenvalue weighted by atomic mass is 35.5. The van der Waals surface area contributed by atoms with Crippen LogP contribution in [-0.4, -0.2) is 0 Å². The van der Waals surface area contributed by atoms with Crippen LogP contribution in [0.1, 0.15) is 18.1 Å². The molecule has 17 heavy (non-hydrogen) atoms. The second kappa shape index (κ2) is 5.74. The highest BCUT2D eigenvalue weighted by molar-refractivity contribution is 6.30. The molecule has 0 fully saturated rings. The van der Waals surface area contributed by atoms with Crippen LogP contribution >= 0.6 is 11.6 Å². The molecule has 0 radical (unpaired) electrons. The van der Waals surface area contributed by atoms with Gasteiger partial charge in [0.1, 0.15) is 12.4 Å². The third kappa shape index (κ3) is 3.24. The first-order valence-corrected chi connectivity index (χ1v) is 6.12. The van der Waals surface area contributed by atoms with Crippen LogP contribution in [-0.2, 0) is 13.0 Å². The molecule has 0 aromatic heterocycles. The summed E-state index contributed by atoms with van der Waals surface area (Å²) < 4.78 is 5.73. The lowest BCUT2D eigenvalue weighted by Gasteiger charge is -2.09. The Labute approximate surface area is 107 Å². The van der Waals surface area contributed by atoms with Gasteiger partial charge in [0.25, 0.3) is 0 Å². The maximum Gasteiger partial charge on any atom is 0.121 e. The van der Waals surface area contributed by atoms with Gasteiger partial charge in [0.15, 0.2) is 0 Å². The van der Waals surface area contributed by atoms with E-state index in [0.29, 0.717) is 11.6 Å². The Bertz CT molecular complexity index is 494. The average molecular weight is 247 g/mol. The molecular formula is C15H15ClO. The van der Waals surface area contributed by atoms with Crippen molar-refractivity contribution in [3.05, 3.63) is 64.7 Å². The fourth-order valence-corrected chi connectivity index (χ4v) is 1.94. The summed E-state index contributed by atoms with van der Waals surface area (Å²) in [6.07, 6.45) is 1.02. The van der Waals surface area contributed by atoms with Crippen LogP contribution in [0.3, 0.4) is 0 Å². The van der Waals surface area contributed by atoms with Gasteiger partial charge in [-0.05, 0) is 35.7 Å². The van der Waals surface area contributed by atoms with Gasteiger partial charge in [0, 0.05) is 5.02 Å². The summed E-state index contributed by atoms with van der Waals surface area (Å²) in [6.45, 7) is 2.74. The van der Waals surface area contributed by atoms with Crippen LogP contribution in [0, 0.1) is 0 Å². The van der Waals surface area contributed by atoms with E-state index in [9.17, 15) is 0 Å². The molecule has 2 aromatic rings. The highest BCUT2D eigenvalue weighted by Crippen LogP contribution is 2.19. The Morgan fingerprint density at radius 2 is 1.76 bits per heavy atom. The monoisotopic (exact) mass is 246 g/mol. The maximum atomic E-state index is 5.91. The SMILES string of the molecule is CCc1ccccc1COc1cccc(Cl)c1. The molecule has 0 spiro atoms. The normalized spacial score (nSPS) is 10.2. The van der Waals surface area contributed by atoms with Gasteiger partial charge in [0.05, 0.1) is 0 Å². The fourth-order valence-electron chi connectivity index (χ4n) is 1.76. The molecule has 0 unspecified atom stereocenters. The van der Waals surface area contributed by atoms with Crippen LogP contribution in [0.5, 0.6) is 5.75 Å². The van der Waals surface area contributed by atoms with E-state index in [1.54, 1.807) is 0 Å². The standard InChI is InChI=1S/C15H15ClO/c1-2-12-6-3-4-7-13(12)11-17-15-9-5-8-14(16)10-15/h3-10H,2,11H2,1H3. The van der Waals surface area contributed by atoms with Crippen molar-refractivity contribution in [3.63, 3.8) is 0 Å². The van der Waals surface area contributed by atoms with Gasteiger partial charge in [0.2, 0.25) is 0 Å². The molecule has 0 saturated carbocycles. The Morgan fingerprint density at radius 3 is 2.47 bits per heavy atom. The molecule has 88 valence electrons. The molecule has 2 rings (SSSR count). The van der Waals surface area contributed by atoms with Gasteiger partial charge in [-0.3, -0.25) is 0 Å². The van der Waals surface area contributed by atoms with Crippen LogP contribution < -0.4 is 4.74 Å². The molecule has 1 nitrogen and oxygen atoms in total. The molecule has 0 aliphatic rings. The lowest BCUT2D eigenvalue weighted by atomic mass is 10.1. The van der Waals surface area contributed by atoms with Crippen LogP contribution in [0.2, 0.25) is 5.02 Å². The Hall–Kier alpha value is -1.47. The van der Waals surface area contributed by atoms with Gasteiger partial charge < -0.3 is 4.74 Å². The van der Waals surface area contributed by atoms with Crippen molar-refractivity contribution in [2.75, 3.05) is 0 Å². The number of hydrogen-bond acceptors (Lipinski definition) is 1. The van der Waals surface area contributed by atoms with Crippen LogP contribution in [0.25, 0.3) is 0 Å². The van der Waals surface area contributed by atoms with Gasteiger partial charge in [-0.15, -0.1) is 0 Å². The van der Waals surface area contributed by atoms with Crippen molar-refractivity contribution in [1.29, 1.82) is 0 Å². The van der Waals surface area contributed by atoms with E-state index in [2.05, 4.69) is 25.1 Å². The minimum atomic E-state index is 0.588. The summed E-state index contributed by atoms with van der Waals surface area (Å²) in [4.78, 5) is 0. The van der Waals surface area contributed by atoms with E-state index in [1.165, 1.54) is 11.1 Å². The third-order valence-electron chi connectivity index (χ3n) is 2.69. The molecule has 0 amide bonds. The largest absolute Gasteiger partial charge is 0.489 e. The zero-order valence-corrected chi connectivity index (χ0v) is 10.6. The second-order valence-electron chi connectivity index (χ2n) is 3.87. The molecule has 0 saturated heterocycles. The molecule has 2 heteroatoms. The molecule has 2 aromatic carbocycles. The average Bonchev–Trinajstić information content (AvgIpc) is 2.37. The first-order valence-electron chi connectivity index (χ1n) is 5.74. The van der Waals surface area contributed by atoms with Crippen molar-refractivity contribution in [1.82, 2.24) is 0 Å². The minimum Gasteiger partial charge on any atom is -0.489 e. The number of ether oxygens (including phenoxy) is 1. The van der Waals surface area contributed by atoms with Gasteiger partial charge in [-0.2, -0.15) is 0 Å². The van der Waals surface area contributed by atoms with Crippen molar-refractivity contribution < 1.29 is 4.74 Å². The lowest BCUT2D eigenvalue weighted by Crippen LogP contribution is -1.99. The van der Waals surface area contributed by atoms with E-state index in [-0.39, 0.29) is 0 Å². The minimum absolute atomic E-state index is 0.588. The highest BCUT2D eigenvalue weighted by Gasteiger charge is 2.01. The number of benzene rings is 2. The summed E-state index contributed by atoms with van der Waals surface area (Å²) in [7, 11) is 0. The Morgan fingerprint density at radius 1 is 1.00 bits per heavy atom. The molecule has 0 aliphatic heterocycles. The van der Waals surface area contributed by atoms with Crippen LogP contribution in [0.4, 0.5) is 0 Å². The fraction of sp³-hybridized carbons (Fsp3) is 0.200. The molecule has 0 aliphatic carbocycles. The predicted octanol–water partition coefficient (Wildman–Crippen LogP) is 4.48. The van der Waals surface area contributed by atoms with E-state index in [0.717, 1.165) is 12.2 Å². The second-order valence-corrected chi connectivity index (χ2v) is 4.30. The number of hydrogen-bond donors (Lipinski definition) is 0. The molecule has 0 atom stereocenters. The quantitative estimate of drug-likeness (QED) is 0.773. The van der Waals surface area contributed by atoms with E-state index in [4.69, 9.17) is 16.3 Å². The summed E-state index contributed by atoms with van der Waals surface area (Å²) in [5, 5.41) is 0.700. The summed E-state index contributed by atoms with van der Waals surface area (Å²) in [5.41, 5.74) is 2.56. The smallest absolute Gasteiger partial charge is 0.121 e. The summed E-state index contributed by atoms with van der Waals surface area (Å²) >= 11 is 5.91. The van der Waals surface area contributed by atoms with Crippen molar-refractivity contribution in [2.24, 2.45) is 0 Å². The zero-order chi connectivity index (χ0) is 12.1. The maximum absolute atomic E-state index is 5.91. The van der Waals surface area contributed by atoms with Gasteiger partial charge in [-0.25, -0.2) is 0 Å². The number of rotatable bonds is 4. The van der Waals surface area contributed by atoms with Crippen molar-refractivity contribution in [3.8, 4) is 5.75 Å². The van der Waals surface area contributed by atoms with Crippen LogP contribution in [0.15, 0.2) is 48.5 Å². The molecule has 0 heterocycles. The first-order chi connectivity index (χ1) is 8.29. The van der Waals surface area contributed by atoms with Crippen molar-refractivity contribution in [2.45, 2.75) is 20.0 Å². The lowest BCUT2D eigenvalue weighted by molar-refractivity contribution is 0.305. The number of aryl methyl sites for hydroxylation is 1. The first kappa shape index (κ1) is 12.0. The number of halogens is 1. The Kier molecular flexibility index (Phi) is 4.05. The predicted molar refractivity (Wildman–Crippen MR) is 71.6 cm³/mol. The summed E-state index contributed by atoms with van der Waals surface area (Å²) in [5.74, 6) is 0.809. The Balaban J connectivity index is 2.07. The molecule has 0 N–H and O–H groups in total. The van der Waals surface area contributed by atoms with Gasteiger partial charge >= 0.3 is 0 Å². The van der Waals surface area contributed by atoms with Gasteiger partial charge in [-0.1, -0.05) is 48.9 Å². The zero-order valence-electron chi connectivity index (χ0n) is 9.82. The van der Waals surface area contributed by atoms with E-state index >= 15 is 0 Å². The van der Waals surface area contributed by atoms with Crippen molar-refractivity contribution >= 4 is 11.6 Å². The molecule has 0 bridgehead atoms. The molecular weight excluding hydrogens is 232 g/mol. The van der Waals surface area contributed by atoms with E-state index in [1.807, 2.05) is 30.3 Å². The van der Waals surface area contributed by atoms with E-state index < -0.39 is 0 Å². The third-order valence-corrected chi connectivity index (χ3v) is 2.92.